The van der Waals surface area contributed by atoms with E-state index >= 15 is 0 Å². The van der Waals surface area contributed by atoms with E-state index in [2.05, 4.69) is 43.1 Å². The van der Waals surface area contributed by atoms with E-state index in [9.17, 15) is 0 Å². The lowest BCUT2D eigenvalue weighted by molar-refractivity contribution is 0.466. The summed E-state index contributed by atoms with van der Waals surface area (Å²) in [5.74, 6) is 1.41. The van der Waals surface area contributed by atoms with Crippen molar-refractivity contribution in [3.8, 4) is 11.5 Å². The molecule has 3 aromatic rings. The van der Waals surface area contributed by atoms with Gasteiger partial charge in [-0.25, -0.2) is 0 Å². The molecular formula is C18H18N2OS. The molecule has 2 aromatic carbocycles. The number of hydrogen-bond acceptors (Lipinski definition) is 4. The second-order valence-corrected chi connectivity index (χ2v) is 6.32. The second kappa shape index (κ2) is 6.36. The van der Waals surface area contributed by atoms with Gasteiger partial charge in [0.1, 0.15) is 0 Å². The van der Waals surface area contributed by atoms with Gasteiger partial charge in [-0.2, -0.15) is 0 Å². The zero-order valence-electron chi connectivity index (χ0n) is 13.0. The summed E-state index contributed by atoms with van der Waals surface area (Å²) >= 11 is 1.58. The lowest BCUT2D eigenvalue weighted by atomic mass is 10.0. The fraction of sp³-hybridized carbons (Fsp3) is 0.222. The van der Waals surface area contributed by atoms with Gasteiger partial charge in [-0.1, -0.05) is 42.1 Å². The Morgan fingerprint density at radius 1 is 0.909 bits per heavy atom. The van der Waals surface area contributed by atoms with E-state index in [4.69, 9.17) is 4.42 Å². The first-order valence-electron chi connectivity index (χ1n) is 7.22. The molecule has 0 unspecified atom stereocenters. The molecule has 3 rings (SSSR count). The summed E-state index contributed by atoms with van der Waals surface area (Å²) < 4.78 is 5.73. The van der Waals surface area contributed by atoms with E-state index in [0.29, 0.717) is 11.1 Å². The van der Waals surface area contributed by atoms with Gasteiger partial charge in [0.15, 0.2) is 0 Å². The number of nitrogens with zero attached hydrogens (tertiary/aromatic N) is 2. The van der Waals surface area contributed by atoms with Crippen LogP contribution in [0.4, 0.5) is 0 Å². The molecule has 0 aliphatic rings. The van der Waals surface area contributed by atoms with Crippen molar-refractivity contribution in [1.82, 2.24) is 10.2 Å². The minimum atomic E-state index is 0.569. The normalized spacial score (nSPS) is 10.9. The highest BCUT2D eigenvalue weighted by atomic mass is 32.2. The van der Waals surface area contributed by atoms with E-state index in [1.807, 2.05) is 30.3 Å². The largest absolute Gasteiger partial charge is 0.411 e. The van der Waals surface area contributed by atoms with E-state index in [-0.39, 0.29) is 0 Å². The van der Waals surface area contributed by atoms with E-state index < -0.39 is 0 Å². The number of hydrogen-bond donors (Lipinski definition) is 0. The van der Waals surface area contributed by atoms with Gasteiger partial charge in [-0.15, -0.1) is 10.2 Å². The number of benzene rings is 2. The Morgan fingerprint density at radius 3 is 2.41 bits per heavy atom. The summed E-state index contributed by atoms with van der Waals surface area (Å²) in [4.78, 5) is 0. The third-order valence-electron chi connectivity index (χ3n) is 3.73. The van der Waals surface area contributed by atoms with Crippen LogP contribution in [0.25, 0.3) is 11.5 Å². The molecule has 1 heterocycles. The maximum Gasteiger partial charge on any atom is 0.277 e. The molecule has 0 atom stereocenters. The highest BCUT2D eigenvalue weighted by Crippen LogP contribution is 2.27. The molecule has 0 saturated heterocycles. The zero-order chi connectivity index (χ0) is 15.5. The van der Waals surface area contributed by atoms with E-state index in [1.165, 1.54) is 22.3 Å². The Hall–Kier alpha value is -2.07. The van der Waals surface area contributed by atoms with Crippen LogP contribution in [0.5, 0.6) is 0 Å². The van der Waals surface area contributed by atoms with Crippen molar-refractivity contribution < 1.29 is 4.42 Å². The van der Waals surface area contributed by atoms with Crippen molar-refractivity contribution >= 4 is 11.8 Å². The van der Waals surface area contributed by atoms with Gasteiger partial charge in [0.05, 0.1) is 0 Å². The number of thioether (sulfide) groups is 1. The average molecular weight is 310 g/mol. The molecule has 0 aliphatic heterocycles. The quantitative estimate of drug-likeness (QED) is 0.639. The van der Waals surface area contributed by atoms with E-state index in [1.54, 1.807) is 11.8 Å². The van der Waals surface area contributed by atoms with Gasteiger partial charge in [-0.3, -0.25) is 0 Å². The third-order valence-corrected chi connectivity index (χ3v) is 4.60. The standard InChI is InChI=1S/C18H18N2OS/c1-12-9-14(3)16(10-13(12)2)11-22-18-20-19-17(21-18)15-7-5-4-6-8-15/h4-10H,11H2,1-3H3. The third kappa shape index (κ3) is 3.22. The molecule has 0 fully saturated rings. The monoisotopic (exact) mass is 310 g/mol. The molecule has 0 saturated carbocycles. The lowest BCUT2D eigenvalue weighted by Gasteiger charge is -2.08. The maximum atomic E-state index is 5.73. The van der Waals surface area contributed by atoms with E-state index in [0.717, 1.165) is 11.3 Å². The summed E-state index contributed by atoms with van der Waals surface area (Å²) in [5, 5.41) is 8.85. The highest BCUT2D eigenvalue weighted by molar-refractivity contribution is 7.98. The average Bonchev–Trinajstić information content (AvgIpc) is 2.99. The van der Waals surface area contributed by atoms with Crippen molar-refractivity contribution in [3.63, 3.8) is 0 Å². The van der Waals surface area contributed by atoms with Gasteiger partial charge in [0.2, 0.25) is 5.89 Å². The number of rotatable bonds is 4. The summed E-state index contributed by atoms with van der Waals surface area (Å²) in [6.45, 7) is 6.43. The Labute approximate surface area is 134 Å². The molecular weight excluding hydrogens is 292 g/mol. The SMILES string of the molecule is Cc1cc(C)c(CSc2nnc(-c3ccccc3)o2)cc1C. The Balaban J connectivity index is 1.73. The van der Waals surface area contributed by atoms with Crippen molar-refractivity contribution in [1.29, 1.82) is 0 Å². The zero-order valence-corrected chi connectivity index (χ0v) is 13.8. The van der Waals surface area contributed by atoms with Crippen LogP contribution in [0.3, 0.4) is 0 Å². The summed E-state index contributed by atoms with van der Waals surface area (Å²) in [5.41, 5.74) is 6.21. The number of aromatic nitrogens is 2. The predicted molar refractivity (Wildman–Crippen MR) is 89.9 cm³/mol. The van der Waals surface area contributed by atoms with Crippen molar-refractivity contribution in [2.75, 3.05) is 0 Å². The summed E-state index contributed by atoms with van der Waals surface area (Å²) in [7, 11) is 0. The smallest absolute Gasteiger partial charge is 0.277 e. The first-order chi connectivity index (χ1) is 10.6. The van der Waals surface area contributed by atoms with Crippen molar-refractivity contribution in [2.45, 2.75) is 31.7 Å². The molecule has 0 bridgehead atoms. The molecule has 0 spiro atoms. The molecule has 0 aliphatic carbocycles. The second-order valence-electron chi connectivity index (χ2n) is 5.39. The first-order valence-corrected chi connectivity index (χ1v) is 8.20. The Morgan fingerprint density at radius 2 is 1.64 bits per heavy atom. The molecule has 0 radical (unpaired) electrons. The molecule has 3 nitrogen and oxygen atoms in total. The predicted octanol–water partition coefficient (Wildman–Crippen LogP) is 4.95. The van der Waals surface area contributed by atoms with Crippen LogP contribution in [0.15, 0.2) is 52.1 Å². The minimum absolute atomic E-state index is 0.569. The Kier molecular flexibility index (Phi) is 4.29. The molecule has 1 aromatic heterocycles. The van der Waals surface area contributed by atoms with Crippen LogP contribution in [-0.2, 0) is 5.75 Å². The topological polar surface area (TPSA) is 38.9 Å². The number of aryl methyl sites for hydroxylation is 3. The van der Waals surface area contributed by atoms with Gasteiger partial charge in [-0.05, 0) is 55.2 Å². The van der Waals surface area contributed by atoms with Crippen LogP contribution >= 0.6 is 11.8 Å². The highest BCUT2D eigenvalue weighted by Gasteiger charge is 2.10. The molecule has 22 heavy (non-hydrogen) atoms. The molecule has 4 heteroatoms. The molecule has 0 amide bonds. The fourth-order valence-electron chi connectivity index (χ4n) is 2.28. The van der Waals surface area contributed by atoms with Crippen LogP contribution in [0.2, 0.25) is 0 Å². The van der Waals surface area contributed by atoms with Crippen LogP contribution in [0.1, 0.15) is 22.3 Å². The molecule has 112 valence electrons. The fourth-order valence-corrected chi connectivity index (χ4v) is 3.11. The van der Waals surface area contributed by atoms with Gasteiger partial charge in [0, 0.05) is 11.3 Å². The first kappa shape index (κ1) is 14.9. The van der Waals surface area contributed by atoms with Gasteiger partial charge >= 0.3 is 0 Å². The lowest BCUT2D eigenvalue weighted by Crippen LogP contribution is -1.91. The Bertz CT molecular complexity index is 781. The van der Waals surface area contributed by atoms with Gasteiger partial charge in [0.25, 0.3) is 5.22 Å². The van der Waals surface area contributed by atoms with Gasteiger partial charge < -0.3 is 4.42 Å². The molecule has 0 N–H and O–H groups in total. The maximum absolute atomic E-state index is 5.73. The summed E-state index contributed by atoms with van der Waals surface area (Å²) in [6.07, 6.45) is 0. The van der Waals surface area contributed by atoms with Crippen LogP contribution < -0.4 is 0 Å². The van der Waals surface area contributed by atoms with Crippen molar-refractivity contribution in [3.05, 3.63) is 64.7 Å². The van der Waals surface area contributed by atoms with Crippen LogP contribution in [-0.4, -0.2) is 10.2 Å². The van der Waals surface area contributed by atoms with Crippen LogP contribution in [0, 0.1) is 20.8 Å². The summed E-state index contributed by atoms with van der Waals surface area (Å²) in [6, 6.07) is 14.3. The minimum Gasteiger partial charge on any atom is -0.411 e. The van der Waals surface area contributed by atoms with Crippen molar-refractivity contribution in [2.24, 2.45) is 0 Å².